The van der Waals surface area contributed by atoms with Crippen LogP contribution in [-0.2, 0) is 0 Å². The Kier molecular flexibility index (Phi) is 7.10. The summed E-state index contributed by atoms with van der Waals surface area (Å²) in [7, 11) is 0. The molecular weight excluding hydrogens is 457 g/mol. The van der Waals surface area contributed by atoms with E-state index in [4.69, 9.17) is 0 Å². The third-order valence-corrected chi connectivity index (χ3v) is 12.1. The van der Waals surface area contributed by atoms with Crippen molar-refractivity contribution >= 4 is 34.0 Å². The third-order valence-electron chi connectivity index (χ3n) is 8.69. The maximum absolute atomic E-state index is 2.65. The van der Waals surface area contributed by atoms with Gasteiger partial charge in [-0.05, 0) is 102 Å². The van der Waals surface area contributed by atoms with Crippen LogP contribution in [-0.4, -0.2) is 0 Å². The molecule has 0 aliphatic heterocycles. The molecule has 3 heteroatoms. The second-order valence-corrected chi connectivity index (χ2v) is 13.7. The molecule has 0 spiro atoms. The lowest BCUT2D eigenvalue weighted by Crippen LogP contribution is -2.04. The highest BCUT2D eigenvalue weighted by Crippen LogP contribution is 2.51. The summed E-state index contributed by atoms with van der Waals surface area (Å²) in [4.78, 5) is 6.34. The van der Waals surface area contributed by atoms with E-state index in [1.165, 1.54) is 96.3 Å². The van der Waals surface area contributed by atoms with Crippen molar-refractivity contribution in [2.24, 2.45) is 0 Å². The van der Waals surface area contributed by atoms with E-state index in [0.717, 1.165) is 17.8 Å². The Morgan fingerprint density at radius 2 is 1.15 bits per heavy atom. The van der Waals surface area contributed by atoms with Crippen LogP contribution in [0.3, 0.4) is 0 Å². The summed E-state index contributed by atoms with van der Waals surface area (Å²) >= 11 is 6.16. The van der Waals surface area contributed by atoms with Crippen LogP contribution in [0.2, 0.25) is 0 Å². The molecule has 3 aliphatic rings. The summed E-state index contributed by atoms with van der Waals surface area (Å²) in [5.74, 6) is 2.39. The van der Waals surface area contributed by atoms with Crippen LogP contribution in [0.1, 0.15) is 131 Å². The molecule has 3 aliphatic carbocycles. The first-order valence-electron chi connectivity index (χ1n) is 13.7. The predicted molar refractivity (Wildman–Crippen MR) is 148 cm³/mol. The SMILES string of the molecule is c1cc(C2CCCCC2)c(-c2cc(C3CCCCC3)c(-c3cc(C4CCCCC4)cs3)s2)s1. The zero-order valence-electron chi connectivity index (χ0n) is 20.0. The Bertz CT molecular complexity index is 1030. The van der Waals surface area contributed by atoms with Gasteiger partial charge in [0.15, 0.2) is 0 Å². The predicted octanol–water partition coefficient (Wildman–Crippen LogP) is 11.3. The average Bonchev–Trinajstić information content (AvgIpc) is 3.65. The number of hydrogen-bond donors (Lipinski definition) is 0. The van der Waals surface area contributed by atoms with Crippen molar-refractivity contribution in [3.63, 3.8) is 0 Å². The van der Waals surface area contributed by atoms with Crippen LogP contribution in [0.25, 0.3) is 19.5 Å². The molecule has 0 N–H and O–H groups in total. The smallest absolute Gasteiger partial charge is 0.0484 e. The summed E-state index contributed by atoms with van der Waals surface area (Å²) in [5.41, 5.74) is 4.99. The first kappa shape index (κ1) is 22.6. The molecule has 3 aromatic rings. The minimum atomic E-state index is 0.775. The Morgan fingerprint density at radius 3 is 1.82 bits per heavy atom. The molecule has 0 unspecified atom stereocenters. The van der Waals surface area contributed by atoms with Crippen LogP contribution < -0.4 is 0 Å². The second kappa shape index (κ2) is 10.4. The summed E-state index contributed by atoms with van der Waals surface area (Å²) in [6.07, 6.45) is 21.2. The van der Waals surface area contributed by atoms with Gasteiger partial charge in [0.05, 0.1) is 0 Å². The van der Waals surface area contributed by atoms with Gasteiger partial charge in [-0.3, -0.25) is 0 Å². The average molecular weight is 495 g/mol. The van der Waals surface area contributed by atoms with Crippen molar-refractivity contribution in [1.82, 2.24) is 0 Å². The summed E-state index contributed by atoms with van der Waals surface area (Å²) in [5, 5.41) is 4.87. The second-order valence-electron chi connectivity index (χ2n) is 10.8. The first-order valence-corrected chi connectivity index (χ1v) is 16.2. The van der Waals surface area contributed by atoms with Crippen molar-refractivity contribution in [3.05, 3.63) is 45.6 Å². The zero-order valence-corrected chi connectivity index (χ0v) is 22.4. The molecule has 3 heterocycles. The van der Waals surface area contributed by atoms with Gasteiger partial charge < -0.3 is 0 Å². The first-order chi connectivity index (χ1) is 16.4. The molecule has 0 atom stereocenters. The van der Waals surface area contributed by atoms with E-state index in [1.54, 1.807) is 36.2 Å². The molecule has 3 fully saturated rings. The molecule has 0 aromatic carbocycles. The van der Waals surface area contributed by atoms with E-state index >= 15 is 0 Å². The van der Waals surface area contributed by atoms with E-state index in [0.29, 0.717) is 0 Å². The minimum Gasteiger partial charge on any atom is -0.143 e. The molecule has 0 amide bonds. The highest BCUT2D eigenvalue weighted by molar-refractivity contribution is 7.26. The van der Waals surface area contributed by atoms with E-state index in [2.05, 4.69) is 40.3 Å². The Labute approximate surface area is 212 Å². The molecule has 0 radical (unpaired) electrons. The van der Waals surface area contributed by atoms with Gasteiger partial charge in [-0.25, -0.2) is 0 Å². The minimum absolute atomic E-state index is 0.775. The van der Waals surface area contributed by atoms with Gasteiger partial charge in [-0.15, -0.1) is 34.0 Å². The van der Waals surface area contributed by atoms with Crippen LogP contribution in [0.5, 0.6) is 0 Å². The molecular formula is C30H38S3. The summed E-state index contributed by atoms with van der Waals surface area (Å²) in [6.45, 7) is 0. The highest BCUT2D eigenvalue weighted by atomic mass is 32.1. The van der Waals surface area contributed by atoms with Crippen molar-refractivity contribution in [1.29, 1.82) is 0 Å². The van der Waals surface area contributed by atoms with Crippen molar-refractivity contribution in [3.8, 4) is 19.5 Å². The monoisotopic (exact) mass is 494 g/mol. The Morgan fingerprint density at radius 1 is 0.545 bits per heavy atom. The van der Waals surface area contributed by atoms with Crippen molar-refractivity contribution in [2.45, 2.75) is 114 Å². The molecule has 3 aromatic heterocycles. The summed E-state index contributed by atoms with van der Waals surface area (Å²) < 4.78 is 0. The zero-order chi connectivity index (χ0) is 22.0. The van der Waals surface area contributed by atoms with Crippen LogP contribution in [0, 0.1) is 0 Å². The van der Waals surface area contributed by atoms with Crippen LogP contribution in [0.15, 0.2) is 29.0 Å². The van der Waals surface area contributed by atoms with Crippen molar-refractivity contribution < 1.29 is 0 Å². The molecule has 33 heavy (non-hydrogen) atoms. The largest absolute Gasteiger partial charge is 0.143 e. The fourth-order valence-electron chi connectivity index (χ4n) is 6.80. The fourth-order valence-corrected chi connectivity index (χ4v) is 10.3. The quantitative estimate of drug-likeness (QED) is 0.331. The van der Waals surface area contributed by atoms with Gasteiger partial charge in [-0.2, -0.15) is 0 Å². The fraction of sp³-hybridized carbons (Fsp3) is 0.600. The normalized spacial score (nSPS) is 21.6. The topological polar surface area (TPSA) is 0 Å². The van der Waals surface area contributed by atoms with Gasteiger partial charge in [0.2, 0.25) is 0 Å². The molecule has 3 saturated carbocycles. The Balaban J connectivity index is 1.36. The van der Waals surface area contributed by atoms with Crippen molar-refractivity contribution in [2.75, 3.05) is 0 Å². The van der Waals surface area contributed by atoms with Gasteiger partial charge in [0, 0.05) is 19.5 Å². The molecule has 6 rings (SSSR count). The van der Waals surface area contributed by atoms with Crippen LogP contribution >= 0.6 is 34.0 Å². The lowest BCUT2D eigenvalue weighted by Gasteiger charge is -2.22. The standard InChI is InChI=1S/C30H38S3/c1-4-10-21(11-5-1)24-18-27(32-20-24)30-26(23-14-8-3-9-15-23)19-28(33-30)29-25(16-17-31-29)22-12-6-2-7-13-22/h16-23H,1-15H2. The van der Waals surface area contributed by atoms with E-state index < -0.39 is 0 Å². The van der Waals surface area contributed by atoms with Gasteiger partial charge in [-0.1, -0.05) is 57.8 Å². The van der Waals surface area contributed by atoms with Gasteiger partial charge in [0.25, 0.3) is 0 Å². The molecule has 0 nitrogen and oxygen atoms in total. The van der Waals surface area contributed by atoms with Gasteiger partial charge in [0.1, 0.15) is 0 Å². The number of hydrogen-bond acceptors (Lipinski definition) is 3. The maximum Gasteiger partial charge on any atom is 0.0484 e. The van der Waals surface area contributed by atoms with Gasteiger partial charge >= 0.3 is 0 Å². The van der Waals surface area contributed by atoms with E-state index in [-0.39, 0.29) is 0 Å². The highest BCUT2D eigenvalue weighted by Gasteiger charge is 2.27. The number of thiophene rings is 3. The van der Waals surface area contributed by atoms with E-state index in [9.17, 15) is 0 Å². The summed E-state index contributed by atoms with van der Waals surface area (Å²) in [6, 6.07) is 7.70. The molecule has 0 bridgehead atoms. The lowest BCUT2D eigenvalue weighted by molar-refractivity contribution is 0.444. The maximum atomic E-state index is 2.65. The lowest BCUT2D eigenvalue weighted by atomic mass is 9.83. The molecule has 176 valence electrons. The third kappa shape index (κ3) is 4.80. The van der Waals surface area contributed by atoms with Crippen LogP contribution in [0.4, 0.5) is 0 Å². The Hall–Kier alpha value is -0.900. The number of rotatable bonds is 5. The molecule has 0 saturated heterocycles. The van der Waals surface area contributed by atoms with E-state index in [1.807, 2.05) is 22.7 Å².